The van der Waals surface area contributed by atoms with Crippen LogP contribution in [-0.2, 0) is 7.05 Å². The molecule has 1 aromatic heterocycles. The highest BCUT2D eigenvalue weighted by atomic mass is 35.5. The Bertz CT molecular complexity index is 543. The highest BCUT2D eigenvalue weighted by molar-refractivity contribution is 6.35. The molecule has 0 aliphatic carbocycles. The Balaban J connectivity index is 2.63. The molecule has 0 amide bonds. The average molecular weight is 236 g/mol. The highest BCUT2D eigenvalue weighted by Crippen LogP contribution is 2.32. The fourth-order valence-electron chi connectivity index (χ4n) is 1.72. The molecule has 1 aromatic carbocycles. The maximum absolute atomic E-state index is 6.13. The predicted molar refractivity (Wildman–Crippen MR) is 67.5 cm³/mol. The number of halogens is 1. The monoisotopic (exact) mass is 235 g/mol. The smallest absolute Gasteiger partial charge is 0.164 e. The fraction of sp³-hybridized carbons (Fsp3) is 0.250. The largest absolute Gasteiger partial charge is 0.381 e. The van der Waals surface area contributed by atoms with Gasteiger partial charge in [0.25, 0.3) is 0 Å². The van der Waals surface area contributed by atoms with Crippen LogP contribution in [0.25, 0.3) is 11.3 Å². The van der Waals surface area contributed by atoms with E-state index in [1.54, 1.807) is 4.68 Å². The first-order valence-corrected chi connectivity index (χ1v) is 5.44. The van der Waals surface area contributed by atoms with Crippen molar-refractivity contribution in [1.29, 1.82) is 0 Å². The molecular weight excluding hydrogens is 222 g/mol. The molecule has 0 aliphatic heterocycles. The van der Waals surface area contributed by atoms with Crippen LogP contribution < -0.4 is 5.73 Å². The summed E-state index contributed by atoms with van der Waals surface area (Å²) in [7, 11) is 1.84. The molecule has 3 nitrogen and oxygen atoms in total. The Morgan fingerprint density at radius 3 is 2.44 bits per heavy atom. The number of aryl methyl sites for hydroxylation is 3. The second-order valence-corrected chi connectivity index (χ2v) is 4.35. The minimum absolute atomic E-state index is 0.373. The lowest BCUT2D eigenvalue weighted by molar-refractivity contribution is 0.780. The third-order valence-electron chi connectivity index (χ3n) is 2.79. The van der Waals surface area contributed by atoms with Crippen molar-refractivity contribution in [1.82, 2.24) is 9.78 Å². The van der Waals surface area contributed by atoms with E-state index in [0.717, 1.165) is 11.3 Å². The zero-order valence-electron chi connectivity index (χ0n) is 9.58. The number of benzene rings is 1. The van der Waals surface area contributed by atoms with Gasteiger partial charge in [-0.3, -0.25) is 4.68 Å². The number of nitrogens with zero attached hydrogens (tertiary/aromatic N) is 2. The van der Waals surface area contributed by atoms with Crippen LogP contribution in [-0.4, -0.2) is 9.78 Å². The van der Waals surface area contributed by atoms with Gasteiger partial charge in [-0.2, -0.15) is 5.10 Å². The van der Waals surface area contributed by atoms with Crippen LogP contribution in [0.5, 0.6) is 0 Å². The highest BCUT2D eigenvalue weighted by Gasteiger charge is 2.13. The van der Waals surface area contributed by atoms with E-state index in [4.69, 9.17) is 17.3 Å². The molecule has 0 spiro atoms. The quantitative estimate of drug-likeness (QED) is 0.826. The summed E-state index contributed by atoms with van der Waals surface area (Å²) < 4.78 is 1.71. The zero-order valence-corrected chi connectivity index (χ0v) is 10.3. The normalized spacial score (nSPS) is 10.8. The number of nitrogens with two attached hydrogens (primary N) is 1. The van der Waals surface area contributed by atoms with Crippen LogP contribution in [0.2, 0.25) is 5.02 Å². The number of rotatable bonds is 1. The summed E-state index contributed by atoms with van der Waals surface area (Å²) in [4.78, 5) is 0. The van der Waals surface area contributed by atoms with Crippen molar-refractivity contribution in [2.75, 3.05) is 5.73 Å². The molecule has 0 aliphatic rings. The van der Waals surface area contributed by atoms with Gasteiger partial charge >= 0.3 is 0 Å². The molecule has 0 fully saturated rings. The van der Waals surface area contributed by atoms with Gasteiger partial charge in [0, 0.05) is 12.6 Å². The van der Waals surface area contributed by atoms with E-state index in [0.29, 0.717) is 10.8 Å². The minimum atomic E-state index is 0.373. The van der Waals surface area contributed by atoms with Gasteiger partial charge in [-0.1, -0.05) is 23.7 Å². The predicted octanol–water partition coefficient (Wildman–Crippen LogP) is 2.94. The Hall–Kier alpha value is -1.48. The van der Waals surface area contributed by atoms with Gasteiger partial charge in [0.05, 0.1) is 5.69 Å². The summed E-state index contributed by atoms with van der Waals surface area (Å²) in [6, 6.07) is 6.20. The minimum Gasteiger partial charge on any atom is -0.381 e. The molecule has 84 valence electrons. The van der Waals surface area contributed by atoms with Crippen LogP contribution in [0.1, 0.15) is 11.1 Å². The molecule has 0 bridgehead atoms. The summed E-state index contributed by atoms with van der Waals surface area (Å²) in [5, 5.41) is 4.62. The summed E-state index contributed by atoms with van der Waals surface area (Å²) in [6.45, 7) is 4.16. The first-order chi connectivity index (χ1) is 7.50. The second-order valence-electron chi connectivity index (χ2n) is 3.97. The van der Waals surface area contributed by atoms with Crippen LogP contribution >= 0.6 is 11.6 Å². The van der Waals surface area contributed by atoms with E-state index >= 15 is 0 Å². The summed E-state index contributed by atoms with van der Waals surface area (Å²) >= 11 is 6.13. The van der Waals surface area contributed by atoms with Crippen LogP contribution in [0.15, 0.2) is 18.2 Å². The van der Waals surface area contributed by atoms with Crippen LogP contribution in [0, 0.1) is 13.8 Å². The van der Waals surface area contributed by atoms with Gasteiger partial charge in [0.1, 0.15) is 5.02 Å². The number of hydrogen-bond acceptors (Lipinski definition) is 2. The average Bonchev–Trinajstić information content (AvgIpc) is 2.47. The van der Waals surface area contributed by atoms with E-state index in [9.17, 15) is 0 Å². The van der Waals surface area contributed by atoms with Crippen LogP contribution in [0.4, 0.5) is 5.82 Å². The molecule has 2 aromatic rings. The Morgan fingerprint density at radius 1 is 1.25 bits per heavy atom. The van der Waals surface area contributed by atoms with Gasteiger partial charge in [-0.25, -0.2) is 0 Å². The maximum Gasteiger partial charge on any atom is 0.164 e. The lowest BCUT2D eigenvalue weighted by atomic mass is 10.0. The van der Waals surface area contributed by atoms with Crippen LogP contribution in [0.3, 0.4) is 0 Å². The molecule has 16 heavy (non-hydrogen) atoms. The van der Waals surface area contributed by atoms with Crippen molar-refractivity contribution in [3.8, 4) is 11.3 Å². The molecule has 0 unspecified atom stereocenters. The maximum atomic E-state index is 6.13. The number of aromatic nitrogens is 2. The molecule has 4 heteroatoms. The van der Waals surface area contributed by atoms with E-state index in [2.05, 4.69) is 31.1 Å². The molecule has 1 heterocycles. The summed E-state index contributed by atoms with van der Waals surface area (Å²) in [5.74, 6) is 0.373. The van der Waals surface area contributed by atoms with Gasteiger partial charge in [-0.15, -0.1) is 0 Å². The van der Waals surface area contributed by atoms with Gasteiger partial charge in [0.2, 0.25) is 0 Å². The summed E-state index contributed by atoms with van der Waals surface area (Å²) in [5.41, 5.74) is 10.1. The Labute approximate surface area is 99.8 Å². The van der Waals surface area contributed by atoms with Gasteiger partial charge < -0.3 is 5.73 Å². The standard InChI is InChI=1S/C12H14ClN3/c1-7-4-5-9(6-8(7)2)11-10(13)12(14)15-16(11)3/h4-6H,1-3H3,(H2,14,15). The third kappa shape index (κ3) is 1.67. The third-order valence-corrected chi connectivity index (χ3v) is 3.17. The first-order valence-electron chi connectivity index (χ1n) is 5.06. The fourth-order valence-corrected chi connectivity index (χ4v) is 1.99. The Morgan fingerprint density at radius 2 is 1.94 bits per heavy atom. The number of hydrogen-bond donors (Lipinski definition) is 1. The van der Waals surface area contributed by atoms with Crippen molar-refractivity contribution in [2.45, 2.75) is 13.8 Å². The SMILES string of the molecule is Cc1ccc(-c2c(Cl)c(N)nn2C)cc1C. The van der Waals surface area contributed by atoms with Gasteiger partial charge in [-0.05, 0) is 31.0 Å². The van der Waals surface area contributed by atoms with Crippen molar-refractivity contribution in [2.24, 2.45) is 7.05 Å². The van der Waals surface area contributed by atoms with Gasteiger partial charge in [0.15, 0.2) is 5.82 Å². The molecule has 2 rings (SSSR count). The van der Waals surface area contributed by atoms with Crippen molar-refractivity contribution >= 4 is 17.4 Å². The summed E-state index contributed by atoms with van der Waals surface area (Å²) in [6.07, 6.45) is 0. The van der Waals surface area contributed by atoms with Crippen molar-refractivity contribution in [3.05, 3.63) is 34.3 Å². The Kier molecular flexibility index (Phi) is 2.64. The molecular formula is C12H14ClN3. The second kappa shape index (κ2) is 3.83. The van der Waals surface area contributed by atoms with Crippen molar-refractivity contribution < 1.29 is 0 Å². The molecule has 0 radical (unpaired) electrons. The van der Waals surface area contributed by atoms with Crippen molar-refractivity contribution in [3.63, 3.8) is 0 Å². The topological polar surface area (TPSA) is 43.8 Å². The molecule has 0 saturated carbocycles. The lowest BCUT2D eigenvalue weighted by Gasteiger charge is -2.06. The number of nitrogen functional groups attached to an aromatic ring is 1. The molecule has 0 saturated heterocycles. The van der Waals surface area contributed by atoms with E-state index < -0.39 is 0 Å². The zero-order chi connectivity index (χ0) is 11.9. The molecule has 0 atom stereocenters. The molecule has 2 N–H and O–H groups in total. The van der Waals surface area contributed by atoms with E-state index in [-0.39, 0.29) is 0 Å². The number of anilines is 1. The van der Waals surface area contributed by atoms with E-state index in [1.165, 1.54) is 11.1 Å². The van der Waals surface area contributed by atoms with E-state index in [1.807, 2.05) is 13.1 Å². The first kappa shape index (κ1) is 11.0. The lowest BCUT2D eigenvalue weighted by Crippen LogP contribution is -1.95.